The van der Waals surface area contributed by atoms with Gasteiger partial charge < -0.3 is 15.8 Å². The molecule has 0 aromatic heterocycles. The maximum absolute atomic E-state index is 6.15. The van der Waals surface area contributed by atoms with Gasteiger partial charge in [-0.1, -0.05) is 47.8 Å². The number of halogens is 3. The van der Waals surface area contributed by atoms with Crippen LogP contribution in [0.3, 0.4) is 0 Å². The molecule has 0 amide bonds. The van der Waals surface area contributed by atoms with E-state index >= 15 is 0 Å². The van der Waals surface area contributed by atoms with Gasteiger partial charge in [-0.15, -0.1) is 0 Å². The van der Waals surface area contributed by atoms with E-state index in [0.29, 0.717) is 44.5 Å². The third kappa shape index (κ3) is 3.88. The molecule has 3 nitrogen and oxygen atoms in total. The summed E-state index contributed by atoms with van der Waals surface area (Å²) in [7, 11) is 0. The lowest BCUT2D eigenvalue weighted by Crippen LogP contribution is -2.02. The third-order valence-electron chi connectivity index (χ3n) is 2.81. The van der Waals surface area contributed by atoms with E-state index in [1.54, 1.807) is 12.1 Å². The maximum atomic E-state index is 6.15. The summed E-state index contributed by atoms with van der Waals surface area (Å²) in [5.41, 5.74) is 7.95. The molecular formula is C15H15Cl3N2O. The number of hydrogen-bond donors (Lipinski definition) is 2. The van der Waals surface area contributed by atoms with Gasteiger partial charge in [0.25, 0.3) is 0 Å². The molecule has 0 unspecified atom stereocenters. The first-order valence-corrected chi connectivity index (χ1v) is 7.59. The molecule has 0 atom stereocenters. The summed E-state index contributed by atoms with van der Waals surface area (Å²) < 4.78 is 5.59. The summed E-state index contributed by atoms with van der Waals surface area (Å²) in [6, 6.07) is 8.77. The fourth-order valence-corrected chi connectivity index (χ4v) is 2.35. The van der Waals surface area contributed by atoms with Crippen molar-refractivity contribution in [2.24, 2.45) is 0 Å². The van der Waals surface area contributed by atoms with Crippen molar-refractivity contribution in [1.29, 1.82) is 0 Å². The maximum Gasteiger partial charge on any atom is 0.144 e. The van der Waals surface area contributed by atoms with Crippen LogP contribution in [0.5, 0.6) is 5.75 Å². The first-order chi connectivity index (χ1) is 10.0. The number of ether oxygens (including phenoxy) is 1. The van der Waals surface area contributed by atoms with Gasteiger partial charge in [0.05, 0.1) is 38.7 Å². The molecule has 112 valence electrons. The van der Waals surface area contributed by atoms with Gasteiger partial charge in [0.15, 0.2) is 0 Å². The lowest BCUT2D eigenvalue weighted by atomic mass is 10.2. The largest absolute Gasteiger partial charge is 0.491 e. The predicted molar refractivity (Wildman–Crippen MR) is 91.4 cm³/mol. The Morgan fingerprint density at radius 3 is 2.48 bits per heavy atom. The number of nitrogen functional groups attached to an aromatic ring is 1. The van der Waals surface area contributed by atoms with Gasteiger partial charge in [-0.3, -0.25) is 0 Å². The molecule has 0 bridgehead atoms. The van der Waals surface area contributed by atoms with E-state index in [9.17, 15) is 0 Å². The molecule has 0 spiro atoms. The molecule has 0 aliphatic heterocycles. The standard InChI is InChI=1S/C15H15Cl3N2O/c1-2-6-21-14-5-3-4-12(15(14)19)20-13-8-10(17)9(16)7-11(13)18/h3-5,7-8,20H,2,6,19H2,1H3. The molecule has 2 rings (SSSR count). The minimum atomic E-state index is 0.403. The van der Waals surface area contributed by atoms with E-state index in [1.165, 1.54) is 0 Å². The molecule has 0 aliphatic carbocycles. The number of anilines is 3. The average molecular weight is 346 g/mol. The SMILES string of the molecule is CCCOc1cccc(Nc2cc(Cl)c(Cl)cc2Cl)c1N. The van der Waals surface area contributed by atoms with Crippen molar-refractivity contribution in [1.82, 2.24) is 0 Å². The Labute approximate surface area is 138 Å². The summed E-state index contributed by atoms with van der Waals surface area (Å²) in [4.78, 5) is 0. The highest BCUT2D eigenvalue weighted by molar-refractivity contribution is 6.44. The molecule has 0 saturated carbocycles. The van der Waals surface area contributed by atoms with Gasteiger partial charge in [-0.2, -0.15) is 0 Å². The Balaban J connectivity index is 2.29. The molecule has 2 aromatic carbocycles. The zero-order valence-corrected chi connectivity index (χ0v) is 13.7. The highest BCUT2D eigenvalue weighted by atomic mass is 35.5. The molecule has 0 aliphatic rings. The Kier molecular flexibility index (Phi) is 5.45. The minimum absolute atomic E-state index is 0.403. The van der Waals surface area contributed by atoms with E-state index in [2.05, 4.69) is 5.32 Å². The smallest absolute Gasteiger partial charge is 0.144 e. The first kappa shape index (κ1) is 16.1. The van der Waals surface area contributed by atoms with Crippen molar-refractivity contribution in [3.05, 3.63) is 45.4 Å². The molecule has 3 N–H and O–H groups in total. The number of rotatable bonds is 5. The third-order valence-corrected chi connectivity index (χ3v) is 3.84. The molecule has 0 radical (unpaired) electrons. The van der Waals surface area contributed by atoms with Crippen molar-refractivity contribution in [2.75, 3.05) is 17.7 Å². The van der Waals surface area contributed by atoms with Crippen LogP contribution in [-0.4, -0.2) is 6.61 Å². The van der Waals surface area contributed by atoms with Gasteiger partial charge in [0, 0.05) is 0 Å². The van der Waals surface area contributed by atoms with E-state index in [4.69, 9.17) is 45.3 Å². The van der Waals surface area contributed by atoms with Crippen LogP contribution >= 0.6 is 34.8 Å². The second kappa shape index (κ2) is 7.12. The van der Waals surface area contributed by atoms with Crippen LogP contribution in [-0.2, 0) is 0 Å². The minimum Gasteiger partial charge on any atom is -0.491 e. The molecule has 0 fully saturated rings. The summed E-state index contributed by atoms with van der Waals surface area (Å²) in [6.45, 7) is 2.65. The van der Waals surface area contributed by atoms with E-state index < -0.39 is 0 Å². The van der Waals surface area contributed by atoms with E-state index in [1.807, 2.05) is 25.1 Å². The van der Waals surface area contributed by atoms with Crippen molar-refractivity contribution in [2.45, 2.75) is 13.3 Å². The highest BCUT2D eigenvalue weighted by Gasteiger charge is 2.10. The van der Waals surface area contributed by atoms with Crippen LogP contribution in [0.2, 0.25) is 15.1 Å². The number of benzene rings is 2. The monoisotopic (exact) mass is 344 g/mol. The van der Waals surface area contributed by atoms with Crippen LogP contribution in [0.25, 0.3) is 0 Å². The second-order valence-electron chi connectivity index (χ2n) is 4.44. The molecular weight excluding hydrogens is 331 g/mol. The van der Waals surface area contributed by atoms with Gasteiger partial charge in [-0.25, -0.2) is 0 Å². The van der Waals surface area contributed by atoms with Crippen LogP contribution in [0.1, 0.15) is 13.3 Å². The van der Waals surface area contributed by atoms with Crippen LogP contribution < -0.4 is 15.8 Å². The summed E-state index contributed by atoms with van der Waals surface area (Å²) in [5, 5.41) is 4.43. The number of nitrogens with one attached hydrogen (secondary N) is 1. The summed E-state index contributed by atoms with van der Waals surface area (Å²) in [6.07, 6.45) is 0.912. The summed E-state index contributed by atoms with van der Waals surface area (Å²) in [5.74, 6) is 0.637. The Bertz CT molecular complexity index is 647. The van der Waals surface area contributed by atoms with Crippen LogP contribution in [0.15, 0.2) is 30.3 Å². The number of para-hydroxylation sites is 1. The molecule has 6 heteroatoms. The molecule has 21 heavy (non-hydrogen) atoms. The predicted octanol–water partition coefficient (Wildman–Crippen LogP) is 5.76. The van der Waals surface area contributed by atoms with Gasteiger partial charge in [-0.05, 0) is 30.7 Å². The fraction of sp³-hybridized carbons (Fsp3) is 0.200. The average Bonchev–Trinajstić information content (AvgIpc) is 2.45. The van der Waals surface area contributed by atoms with Gasteiger partial charge in [0.2, 0.25) is 0 Å². The van der Waals surface area contributed by atoms with Crippen molar-refractivity contribution >= 4 is 51.9 Å². The number of hydrogen-bond acceptors (Lipinski definition) is 3. The van der Waals surface area contributed by atoms with Crippen molar-refractivity contribution in [3.8, 4) is 5.75 Å². The fourth-order valence-electron chi connectivity index (χ4n) is 1.75. The lowest BCUT2D eigenvalue weighted by Gasteiger charge is -2.15. The normalized spacial score (nSPS) is 10.5. The van der Waals surface area contributed by atoms with Crippen molar-refractivity contribution < 1.29 is 4.74 Å². The highest BCUT2D eigenvalue weighted by Crippen LogP contribution is 2.37. The van der Waals surface area contributed by atoms with Gasteiger partial charge >= 0.3 is 0 Å². The zero-order chi connectivity index (χ0) is 15.4. The Morgan fingerprint density at radius 1 is 1.05 bits per heavy atom. The molecule has 2 aromatic rings. The van der Waals surface area contributed by atoms with Crippen LogP contribution in [0, 0.1) is 0 Å². The molecule has 0 saturated heterocycles. The zero-order valence-electron chi connectivity index (χ0n) is 11.4. The Hall–Kier alpha value is -1.29. The van der Waals surface area contributed by atoms with E-state index in [0.717, 1.165) is 6.42 Å². The van der Waals surface area contributed by atoms with Crippen LogP contribution in [0.4, 0.5) is 17.1 Å². The topological polar surface area (TPSA) is 47.3 Å². The summed E-state index contributed by atoms with van der Waals surface area (Å²) >= 11 is 18.1. The Morgan fingerprint density at radius 2 is 1.76 bits per heavy atom. The number of nitrogens with two attached hydrogens (primary N) is 1. The lowest BCUT2D eigenvalue weighted by molar-refractivity contribution is 0.319. The quantitative estimate of drug-likeness (QED) is 0.535. The first-order valence-electron chi connectivity index (χ1n) is 6.45. The van der Waals surface area contributed by atoms with Gasteiger partial charge in [0.1, 0.15) is 5.75 Å². The van der Waals surface area contributed by atoms with Crippen molar-refractivity contribution in [3.63, 3.8) is 0 Å². The second-order valence-corrected chi connectivity index (χ2v) is 5.66. The van der Waals surface area contributed by atoms with E-state index in [-0.39, 0.29) is 0 Å². The molecule has 0 heterocycles.